The molecule has 0 aliphatic heterocycles. The van der Waals surface area contributed by atoms with Crippen molar-refractivity contribution in [3.05, 3.63) is 42.0 Å². The minimum atomic E-state index is 0.701. The molecule has 0 aliphatic rings. The Morgan fingerprint density at radius 1 is 0.654 bits per heavy atom. The number of benzene rings is 1. The van der Waals surface area contributed by atoms with Crippen molar-refractivity contribution < 1.29 is 0 Å². The fraction of sp³-hybridized carbons (Fsp3) is 0.692. The number of unbranched alkanes of at least 4 members (excludes halogenated alkanes) is 13. The van der Waals surface area contributed by atoms with E-state index < -0.39 is 0 Å². The molecule has 0 saturated heterocycles. The highest BCUT2D eigenvalue weighted by Crippen LogP contribution is 2.16. The third-order valence-electron chi connectivity index (χ3n) is 5.43. The minimum absolute atomic E-state index is 0.701. The maximum atomic E-state index is 2.37. The van der Waals surface area contributed by atoms with Crippen molar-refractivity contribution in [2.24, 2.45) is 5.92 Å². The first-order valence-corrected chi connectivity index (χ1v) is 11.6. The molecule has 1 rings (SSSR count). The van der Waals surface area contributed by atoms with Crippen molar-refractivity contribution in [3.8, 4) is 0 Å². The monoisotopic (exact) mass is 356 g/mol. The van der Waals surface area contributed by atoms with Crippen LogP contribution in [0.2, 0.25) is 0 Å². The van der Waals surface area contributed by atoms with Crippen LogP contribution in [0.3, 0.4) is 0 Å². The van der Waals surface area contributed by atoms with E-state index in [0.29, 0.717) is 5.92 Å². The number of rotatable bonds is 17. The molecule has 0 amide bonds. The van der Waals surface area contributed by atoms with Gasteiger partial charge in [0.1, 0.15) is 0 Å². The van der Waals surface area contributed by atoms with Crippen LogP contribution in [0.5, 0.6) is 0 Å². The van der Waals surface area contributed by atoms with Gasteiger partial charge in [-0.25, -0.2) is 0 Å². The zero-order valence-electron chi connectivity index (χ0n) is 17.7. The fourth-order valence-electron chi connectivity index (χ4n) is 3.60. The topological polar surface area (TPSA) is 0 Å². The van der Waals surface area contributed by atoms with Crippen LogP contribution in [0.4, 0.5) is 0 Å². The second kappa shape index (κ2) is 17.4. The molecule has 0 spiro atoms. The Morgan fingerprint density at radius 2 is 1.12 bits per heavy atom. The molecule has 0 nitrogen and oxygen atoms in total. The van der Waals surface area contributed by atoms with Gasteiger partial charge in [0, 0.05) is 0 Å². The lowest BCUT2D eigenvalue weighted by molar-refractivity contribution is 0.519. The number of hydrogen-bond acceptors (Lipinski definition) is 0. The highest BCUT2D eigenvalue weighted by molar-refractivity contribution is 5.48. The van der Waals surface area contributed by atoms with Crippen LogP contribution >= 0.6 is 0 Å². The van der Waals surface area contributed by atoms with Crippen LogP contribution in [0.25, 0.3) is 6.08 Å². The average molecular weight is 357 g/mol. The quantitative estimate of drug-likeness (QED) is 0.244. The second-order valence-corrected chi connectivity index (χ2v) is 8.13. The van der Waals surface area contributed by atoms with Gasteiger partial charge in [0.15, 0.2) is 0 Å². The Labute approximate surface area is 164 Å². The Morgan fingerprint density at radius 3 is 1.62 bits per heavy atom. The normalized spacial score (nSPS) is 12.7. The molecule has 1 aromatic rings. The molecule has 0 radical (unpaired) electrons. The molecule has 1 atom stereocenters. The van der Waals surface area contributed by atoms with Crippen molar-refractivity contribution in [2.75, 3.05) is 0 Å². The lowest BCUT2D eigenvalue weighted by Crippen LogP contribution is -1.90. The summed E-state index contributed by atoms with van der Waals surface area (Å²) in [6, 6.07) is 10.6. The summed E-state index contributed by atoms with van der Waals surface area (Å²) in [6.07, 6.45) is 26.2. The van der Waals surface area contributed by atoms with E-state index in [1.165, 1.54) is 102 Å². The first-order chi connectivity index (χ1) is 12.8. The molecule has 0 aromatic heterocycles. The van der Waals surface area contributed by atoms with E-state index in [4.69, 9.17) is 0 Å². The highest BCUT2D eigenvalue weighted by atomic mass is 14.0. The summed E-state index contributed by atoms with van der Waals surface area (Å²) in [5, 5.41) is 0. The molecule has 0 bridgehead atoms. The van der Waals surface area contributed by atoms with E-state index in [0.717, 1.165) is 0 Å². The molecular weight excluding hydrogens is 312 g/mol. The summed E-state index contributed by atoms with van der Waals surface area (Å²) >= 11 is 0. The molecule has 1 aromatic carbocycles. The van der Waals surface area contributed by atoms with E-state index in [-0.39, 0.29) is 0 Å². The third kappa shape index (κ3) is 14.2. The Balaban J connectivity index is 1.82. The Kier molecular flexibility index (Phi) is 15.4. The zero-order chi connectivity index (χ0) is 18.7. The molecular formula is C26H44. The van der Waals surface area contributed by atoms with Crippen molar-refractivity contribution in [1.82, 2.24) is 0 Å². The molecule has 0 aliphatic carbocycles. The first-order valence-electron chi connectivity index (χ1n) is 11.6. The van der Waals surface area contributed by atoms with Gasteiger partial charge < -0.3 is 0 Å². The van der Waals surface area contributed by atoms with Gasteiger partial charge in [0.05, 0.1) is 0 Å². The number of allylic oxidation sites excluding steroid dienone is 1. The molecule has 0 saturated carbocycles. The van der Waals surface area contributed by atoms with Crippen molar-refractivity contribution in [2.45, 2.75) is 110 Å². The van der Waals surface area contributed by atoms with Gasteiger partial charge in [0.25, 0.3) is 0 Å². The van der Waals surface area contributed by atoms with E-state index in [9.17, 15) is 0 Å². The molecule has 0 heteroatoms. The predicted molar refractivity (Wildman–Crippen MR) is 120 cm³/mol. The van der Waals surface area contributed by atoms with Crippen LogP contribution in [0.1, 0.15) is 116 Å². The fourth-order valence-corrected chi connectivity index (χ4v) is 3.60. The van der Waals surface area contributed by atoms with Crippen LogP contribution in [0.15, 0.2) is 36.4 Å². The summed E-state index contributed by atoms with van der Waals surface area (Å²) in [7, 11) is 0. The van der Waals surface area contributed by atoms with Crippen LogP contribution in [-0.4, -0.2) is 0 Å². The summed E-state index contributed by atoms with van der Waals surface area (Å²) in [6.45, 7) is 4.64. The van der Waals surface area contributed by atoms with Gasteiger partial charge >= 0.3 is 0 Å². The molecule has 0 heterocycles. The Bertz CT molecular complexity index is 417. The van der Waals surface area contributed by atoms with Crippen molar-refractivity contribution in [3.63, 3.8) is 0 Å². The van der Waals surface area contributed by atoms with E-state index in [1.807, 2.05) is 0 Å². The van der Waals surface area contributed by atoms with Gasteiger partial charge in [-0.1, -0.05) is 146 Å². The average Bonchev–Trinajstić information content (AvgIpc) is 2.67. The zero-order valence-corrected chi connectivity index (χ0v) is 17.7. The smallest absolute Gasteiger partial charge is 0.0259 e. The molecule has 0 N–H and O–H groups in total. The van der Waals surface area contributed by atoms with Crippen LogP contribution < -0.4 is 0 Å². The lowest BCUT2D eigenvalue weighted by Gasteiger charge is -2.06. The maximum Gasteiger partial charge on any atom is -0.0259 e. The summed E-state index contributed by atoms with van der Waals surface area (Å²) < 4.78 is 0. The lowest BCUT2D eigenvalue weighted by atomic mass is 10.00. The predicted octanol–water partition coefficient (Wildman–Crippen LogP) is 9.21. The minimum Gasteiger partial charge on any atom is -0.0811 e. The molecule has 26 heavy (non-hydrogen) atoms. The Hall–Kier alpha value is -1.04. The van der Waals surface area contributed by atoms with Gasteiger partial charge in [-0.2, -0.15) is 0 Å². The first kappa shape index (κ1) is 23.0. The summed E-state index contributed by atoms with van der Waals surface area (Å²) in [4.78, 5) is 0. The van der Waals surface area contributed by atoms with Crippen LogP contribution in [0, 0.1) is 5.92 Å². The largest absolute Gasteiger partial charge is 0.0811 e. The van der Waals surface area contributed by atoms with E-state index >= 15 is 0 Å². The molecule has 1 unspecified atom stereocenters. The van der Waals surface area contributed by atoms with Gasteiger partial charge in [-0.15, -0.1) is 0 Å². The highest BCUT2D eigenvalue weighted by Gasteiger charge is 1.98. The number of hydrogen-bond donors (Lipinski definition) is 0. The summed E-state index contributed by atoms with van der Waals surface area (Å²) in [5.41, 5.74) is 1.32. The van der Waals surface area contributed by atoms with E-state index in [2.05, 4.69) is 56.3 Å². The van der Waals surface area contributed by atoms with E-state index in [1.54, 1.807) is 0 Å². The van der Waals surface area contributed by atoms with Gasteiger partial charge in [-0.05, 0) is 17.9 Å². The third-order valence-corrected chi connectivity index (χ3v) is 5.43. The standard InChI is InChI=1S/C26H44/c1-3-4-5-6-7-8-9-10-11-12-13-14-15-17-20-25(2)23-24-26-21-18-16-19-22-26/h16,18-19,21-25H,3-15,17,20H2,1-2H3. The SMILES string of the molecule is CCCCCCCCCCCCCCCCC(C)C=Cc1ccccc1. The van der Waals surface area contributed by atoms with Crippen LogP contribution in [-0.2, 0) is 0 Å². The molecule has 148 valence electrons. The van der Waals surface area contributed by atoms with Crippen molar-refractivity contribution in [1.29, 1.82) is 0 Å². The molecule has 0 fully saturated rings. The maximum absolute atomic E-state index is 2.37. The second-order valence-electron chi connectivity index (χ2n) is 8.13. The van der Waals surface area contributed by atoms with Gasteiger partial charge in [-0.3, -0.25) is 0 Å². The summed E-state index contributed by atoms with van der Waals surface area (Å²) in [5.74, 6) is 0.701. The van der Waals surface area contributed by atoms with Crippen molar-refractivity contribution >= 4 is 6.08 Å². The van der Waals surface area contributed by atoms with Gasteiger partial charge in [0.2, 0.25) is 0 Å².